The molecule has 2 heterocycles. The molecular formula is C14H22N6. The normalized spacial score (nSPS) is 23.1. The number of aryl methyl sites for hydroxylation is 1. The quantitative estimate of drug-likeness (QED) is 0.917. The van der Waals surface area contributed by atoms with E-state index in [4.69, 9.17) is 5.73 Å². The number of nitrogens with zero attached hydrogens (tertiary/aromatic N) is 5. The number of aromatic nitrogens is 4. The predicted octanol–water partition coefficient (Wildman–Crippen LogP) is 1.46. The van der Waals surface area contributed by atoms with Gasteiger partial charge in [0.1, 0.15) is 12.1 Å². The average Bonchev–Trinajstić information content (AvgIpc) is 2.84. The standard InChI is InChI=1S/C14H22N6/c1-3-20(11-6-4-10(15)5-7-11)14-12-8-18-19(2)13(12)16-9-17-14/h8-11H,3-7,15H2,1-2H3. The van der Waals surface area contributed by atoms with Gasteiger partial charge < -0.3 is 10.6 Å². The molecule has 0 aliphatic heterocycles. The Balaban J connectivity index is 1.95. The molecule has 0 unspecified atom stereocenters. The van der Waals surface area contributed by atoms with Gasteiger partial charge in [-0.25, -0.2) is 9.97 Å². The van der Waals surface area contributed by atoms with E-state index in [1.807, 2.05) is 13.2 Å². The first-order valence-electron chi connectivity index (χ1n) is 7.35. The largest absolute Gasteiger partial charge is 0.353 e. The molecule has 1 saturated carbocycles. The summed E-state index contributed by atoms with van der Waals surface area (Å²) in [5, 5.41) is 5.33. The summed E-state index contributed by atoms with van der Waals surface area (Å²) in [5.41, 5.74) is 6.90. The van der Waals surface area contributed by atoms with Crippen molar-refractivity contribution in [3.63, 3.8) is 0 Å². The molecule has 20 heavy (non-hydrogen) atoms. The van der Waals surface area contributed by atoms with Gasteiger partial charge >= 0.3 is 0 Å². The smallest absolute Gasteiger partial charge is 0.163 e. The second-order valence-electron chi connectivity index (χ2n) is 5.56. The zero-order chi connectivity index (χ0) is 14.1. The number of hydrogen-bond acceptors (Lipinski definition) is 5. The Hall–Kier alpha value is -1.69. The van der Waals surface area contributed by atoms with Crippen LogP contribution in [0.4, 0.5) is 5.82 Å². The van der Waals surface area contributed by atoms with E-state index in [1.54, 1.807) is 11.0 Å². The summed E-state index contributed by atoms with van der Waals surface area (Å²) in [6, 6.07) is 0.895. The van der Waals surface area contributed by atoms with Crippen molar-refractivity contribution in [3.05, 3.63) is 12.5 Å². The van der Waals surface area contributed by atoms with Crippen molar-refractivity contribution in [2.75, 3.05) is 11.4 Å². The predicted molar refractivity (Wildman–Crippen MR) is 79.6 cm³/mol. The molecule has 1 aliphatic carbocycles. The van der Waals surface area contributed by atoms with E-state index in [0.717, 1.165) is 49.1 Å². The molecule has 0 spiro atoms. The summed E-state index contributed by atoms with van der Waals surface area (Å²) in [4.78, 5) is 11.2. The third kappa shape index (κ3) is 2.24. The summed E-state index contributed by atoms with van der Waals surface area (Å²) in [7, 11) is 1.91. The molecule has 1 fully saturated rings. The molecule has 0 aromatic carbocycles. The Bertz CT molecular complexity index is 584. The zero-order valence-electron chi connectivity index (χ0n) is 12.2. The van der Waals surface area contributed by atoms with Gasteiger partial charge in [-0.3, -0.25) is 4.68 Å². The number of anilines is 1. The Morgan fingerprint density at radius 2 is 2.05 bits per heavy atom. The lowest BCUT2D eigenvalue weighted by atomic mass is 9.90. The lowest BCUT2D eigenvalue weighted by molar-refractivity contribution is 0.377. The van der Waals surface area contributed by atoms with Gasteiger partial charge in [0, 0.05) is 25.7 Å². The fraction of sp³-hybridized carbons (Fsp3) is 0.643. The van der Waals surface area contributed by atoms with Crippen LogP contribution in [-0.2, 0) is 7.05 Å². The van der Waals surface area contributed by atoms with Crippen LogP contribution >= 0.6 is 0 Å². The third-order valence-corrected chi connectivity index (χ3v) is 4.30. The Morgan fingerprint density at radius 3 is 2.75 bits per heavy atom. The van der Waals surface area contributed by atoms with Gasteiger partial charge in [0.25, 0.3) is 0 Å². The van der Waals surface area contributed by atoms with Gasteiger partial charge in [0.2, 0.25) is 0 Å². The molecule has 0 saturated heterocycles. The Kier molecular flexibility index (Phi) is 3.56. The van der Waals surface area contributed by atoms with Crippen molar-refractivity contribution < 1.29 is 0 Å². The van der Waals surface area contributed by atoms with E-state index in [9.17, 15) is 0 Å². The van der Waals surface area contributed by atoms with E-state index in [1.165, 1.54) is 0 Å². The lowest BCUT2D eigenvalue weighted by Crippen LogP contribution is -2.41. The van der Waals surface area contributed by atoms with Crippen LogP contribution in [0.1, 0.15) is 32.6 Å². The number of rotatable bonds is 3. The fourth-order valence-electron chi connectivity index (χ4n) is 3.17. The highest BCUT2D eigenvalue weighted by atomic mass is 15.3. The number of fused-ring (bicyclic) bond motifs is 1. The van der Waals surface area contributed by atoms with E-state index in [2.05, 4.69) is 26.9 Å². The maximum atomic E-state index is 6.01. The number of nitrogens with two attached hydrogens (primary N) is 1. The van der Waals surface area contributed by atoms with Crippen molar-refractivity contribution in [1.29, 1.82) is 0 Å². The molecule has 0 atom stereocenters. The van der Waals surface area contributed by atoms with Crippen LogP contribution in [0.2, 0.25) is 0 Å². The zero-order valence-corrected chi connectivity index (χ0v) is 12.2. The van der Waals surface area contributed by atoms with Crippen molar-refractivity contribution in [1.82, 2.24) is 19.7 Å². The molecule has 0 amide bonds. The first-order valence-corrected chi connectivity index (χ1v) is 7.35. The molecule has 0 bridgehead atoms. The molecule has 6 heteroatoms. The van der Waals surface area contributed by atoms with E-state index in [-0.39, 0.29) is 0 Å². The fourth-order valence-corrected chi connectivity index (χ4v) is 3.17. The number of hydrogen-bond donors (Lipinski definition) is 1. The van der Waals surface area contributed by atoms with Gasteiger partial charge in [0.05, 0.1) is 11.6 Å². The van der Waals surface area contributed by atoms with Crippen LogP contribution in [0, 0.1) is 0 Å². The third-order valence-electron chi connectivity index (χ3n) is 4.30. The second kappa shape index (κ2) is 5.36. The molecule has 0 radical (unpaired) electrons. The summed E-state index contributed by atoms with van der Waals surface area (Å²) < 4.78 is 1.80. The molecule has 6 nitrogen and oxygen atoms in total. The molecule has 2 aromatic rings. The lowest BCUT2D eigenvalue weighted by Gasteiger charge is -2.36. The van der Waals surface area contributed by atoms with Crippen LogP contribution in [0.25, 0.3) is 11.0 Å². The second-order valence-corrected chi connectivity index (χ2v) is 5.56. The summed E-state index contributed by atoms with van der Waals surface area (Å²) in [5.74, 6) is 1.01. The molecule has 2 aromatic heterocycles. The van der Waals surface area contributed by atoms with Crippen molar-refractivity contribution in [2.45, 2.75) is 44.7 Å². The van der Waals surface area contributed by atoms with Crippen LogP contribution in [0.5, 0.6) is 0 Å². The first-order chi connectivity index (χ1) is 9.70. The van der Waals surface area contributed by atoms with E-state index >= 15 is 0 Å². The SMILES string of the molecule is CCN(c1ncnc2c1cnn2C)C1CCC(N)CC1. The molecule has 3 rings (SSSR count). The van der Waals surface area contributed by atoms with Crippen molar-refractivity contribution in [2.24, 2.45) is 12.8 Å². The van der Waals surface area contributed by atoms with Gasteiger partial charge in [-0.2, -0.15) is 5.10 Å². The molecule has 108 valence electrons. The molecular weight excluding hydrogens is 252 g/mol. The first kappa shape index (κ1) is 13.3. The van der Waals surface area contributed by atoms with Crippen LogP contribution in [0.15, 0.2) is 12.5 Å². The van der Waals surface area contributed by atoms with Crippen LogP contribution in [0.3, 0.4) is 0 Å². The maximum Gasteiger partial charge on any atom is 0.163 e. The minimum atomic E-state index is 0.369. The summed E-state index contributed by atoms with van der Waals surface area (Å²) in [6.45, 7) is 3.12. The average molecular weight is 274 g/mol. The van der Waals surface area contributed by atoms with E-state index < -0.39 is 0 Å². The van der Waals surface area contributed by atoms with Gasteiger partial charge in [0.15, 0.2) is 5.65 Å². The molecule has 1 aliphatic rings. The summed E-state index contributed by atoms with van der Waals surface area (Å²) >= 11 is 0. The van der Waals surface area contributed by atoms with Crippen molar-refractivity contribution in [3.8, 4) is 0 Å². The minimum absolute atomic E-state index is 0.369. The minimum Gasteiger partial charge on any atom is -0.353 e. The van der Waals surface area contributed by atoms with Gasteiger partial charge in [-0.1, -0.05) is 0 Å². The highest BCUT2D eigenvalue weighted by molar-refractivity contribution is 5.86. The summed E-state index contributed by atoms with van der Waals surface area (Å²) in [6.07, 6.45) is 7.98. The Morgan fingerprint density at radius 1 is 1.30 bits per heavy atom. The van der Waals surface area contributed by atoms with Crippen molar-refractivity contribution >= 4 is 16.9 Å². The van der Waals surface area contributed by atoms with Gasteiger partial charge in [-0.15, -0.1) is 0 Å². The Labute approximate surface area is 119 Å². The maximum absolute atomic E-state index is 6.01. The van der Waals surface area contributed by atoms with Crippen LogP contribution < -0.4 is 10.6 Å². The topological polar surface area (TPSA) is 72.9 Å². The molecule has 2 N–H and O–H groups in total. The highest BCUT2D eigenvalue weighted by Gasteiger charge is 2.26. The van der Waals surface area contributed by atoms with Crippen LogP contribution in [-0.4, -0.2) is 38.4 Å². The highest BCUT2D eigenvalue weighted by Crippen LogP contribution is 2.29. The van der Waals surface area contributed by atoms with Gasteiger partial charge in [-0.05, 0) is 32.6 Å². The van der Waals surface area contributed by atoms with E-state index in [0.29, 0.717) is 12.1 Å². The monoisotopic (exact) mass is 274 g/mol.